The number of hydrogen-bond donors (Lipinski definition) is 2. The fraction of sp³-hybridized carbons (Fsp3) is 0.550. The Hall–Kier alpha value is -5.36. The van der Waals surface area contributed by atoms with Crippen LogP contribution >= 0.6 is 22.9 Å². The van der Waals surface area contributed by atoms with Gasteiger partial charge in [-0.2, -0.15) is 4.98 Å². The van der Waals surface area contributed by atoms with Crippen LogP contribution in [0.25, 0.3) is 27.0 Å². The molecule has 0 radical (unpaired) electrons. The number of carbonyl (C=O) groups excluding carboxylic acids is 2. The van der Waals surface area contributed by atoms with E-state index in [0.29, 0.717) is 28.8 Å². The number of carbonyl (C=O) groups is 2. The molecule has 15 nitrogen and oxygen atoms in total. The van der Waals surface area contributed by atoms with Crippen LogP contribution in [-0.2, 0) is 19.7 Å². The average Bonchev–Trinajstić information content (AvgIpc) is 4.46. The second-order valence-corrected chi connectivity index (χ2v) is 26.4. The highest BCUT2D eigenvalue weighted by Crippen LogP contribution is 2.46. The first kappa shape index (κ1) is 52.3. The minimum atomic E-state index is -0.837. The first-order valence-electron chi connectivity index (χ1n) is 28.0. The number of fused-ring (bicyclic) bond motifs is 5. The first-order chi connectivity index (χ1) is 36.9. The van der Waals surface area contributed by atoms with E-state index in [-0.39, 0.29) is 47.7 Å². The van der Waals surface area contributed by atoms with Crippen LogP contribution < -0.4 is 10.9 Å². The predicted molar refractivity (Wildman–Crippen MR) is 300 cm³/mol. The Labute approximate surface area is 460 Å². The smallest absolute Gasteiger partial charge is 0.282 e. The number of ether oxygens (including phenoxy) is 1. The van der Waals surface area contributed by atoms with Crippen molar-refractivity contribution in [2.75, 3.05) is 59.0 Å². The molecule has 0 bridgehead atoms. The Bertz CT molecular complexity index is 3250. The first-order valence-corrected chi connectivity index (χ1v) is 29.3. The SMILES string of the molecule is Cc1ncsc1-c1ccc([C@H](CN2CCC3(COC3)C2)NC(=O)[C@@H]2C[C@@H](O)CN2C(=O)[C@@H](n2cc(C3CCC(CN4CCC(c5ccc6c(c5)-n5c(nc(=O)c7c(Cl)cccc75)C6(C)C)CC4)CC3)nn2)C(C)(C)C)cc1. The lowest BCUT2D eigenvalue weighted by atomic mass is 9.80. The van der Waals surface area contributed by atoms with E-state index >= 15 is 0 Å². The molecule has 0 unspecified atom stereocenters. The molecule has 4 atom stereocenters. The van der Waals surface area contributed by atoms with E-state index in [1.54, 1.807) is 27.0 Å². The summed E-state index contributed by atoms with van der Waals surface area (Å²) >= 11 is 8.18. The quantitative estimate of drug-likeness (QED) is 0.120. The van der Waals surface area contributed by atoms with Crippen molar-refractivity contribution in [3.8, 4) is 16.1 Å². The number of amides is 2. The number of aromatic nitrogens is 6. The fourth-order valence-corrected chi connectivity index (χ4v) is 15.0. The number of halogens is 1. The number of β-amino-alcohol motifs (C(OH)–C–C–N with tert-alkyl or cyclic N) is 1. The van der Waals surface area contributed by atoms with Crippen LogP contribution in [0.2, 0.25) is 5.02 Å². The molecular weight excluding hydrogens is 1010 g/mol. The number of nitrogens with zero attached hydrogens (tertiary/aromatic N) is 9. The number of aliphatic hydroxyl groups excluding tert-OH is 1. The van der Waals surface area contributed by atoms with Gasteiger partial charge in [0.1, 0.15) is 17.9 Å². The lowest BCUT2D eigenvalue weighted by molar-refractivity contribution is -0.144. The van der Waals surface area contributed by atoms with Gasteiger partial charge in [0, 0.05) is 50.1 Å². The summed E-state index contributed by atoms with van der Waals surface area (Å²) in [4.78, 5) is 59.6. The monoisotopic (exact) mass is 1080 g/mol. The third kappa shape index (κ3) is 9.87. The molecule has 406 valence electrons. The van der Waals surface area contributed by atoms with Crippen molar-refractivity contribution in [2.45, 2.75) is 134 Å². The Morgan fingerprint density at radius 2 is 1.73 bits per heavy atom. The molecule has 17 heteroatoms. The minimum absolute atomic E-state index is 0.0757. The third-order valence-electron chi connectivity index (χ3n) is 18.3. The zero-order valence-corrected chi connectivity index (χ0v) is 47.0. The highest BCUT2D eigenvalue weighted by Gasteiger charge is 2.48. The molecule has 12 rings (SSSR count). The van der Waals surface area contributed by atoms with Crippen molar-refractivity contribution in [1.82, 2.24) is 49.5 Å². The molecule has 1 aliphatic carbocycles. The fourth-order valence-electron chi connectivity index (χ4n) is 13.9. The summed E-state index contributed by atoms with van der Waals surface area (Å²) in [6.07, 6.45) is 8.83. The number of nitrogens with one attached hydrogen (secondary N) is 1. The number of aryl methyl sites for hydroxylation is 1. The molecule has 4 saturated heterocycles. The van der Waals surface area contributed by atoms with E-state index in [4.69, 9.17) is 21.4 Å². The Balaban J connectivity index is 0.675. The Morgan fingerprint density at radius 3 is 2.42 bits per heavy atom. The second-order valence-electron chi connectivity index (χ2n) is 25.1. The van der Waals surface area contributed by atoms with Crippen molar-refractivity contribution in [2.24, 2.45) is 16.7 Å². The molecule has 77 heavy (non-hydrogen) atoms. The van der Waals surface area contributed by atoms with Crippen molar-refractivity contribution in [3.63, 3.8) is 0 Å². The van der Waals surface area contributed by atoms with Gasteiger partial charge in [-0.15, -0.1) is 16.4 Å². The summed E-state index contributed by atoms with van der Waals surface area (Å²) in [5.41, 5.74) is 9.21. The predicted octanol–water partition coefficient (Wildman–Crippen LogP) is 8.98. The van der Waals surface area contributed by atoms with E-state index in [2.05, 4.69) is 91.2 Å². The molecule has 5 aliphatic heterocycles. The summed E-state index contributed by atoms with van der Waals surface area (Å²) < 4.78 is 9.51. The van der Waals surface area contributed by atoms with Gasteiger partial charge < -0.3 is 29.9 Å². The van der Waals surface area contributed by atoms with Gasteiger partial charge >= 0.3 is 0 Å². The van der Waals surface area contributed by atoms with Gasteiger partial charge in [-0.1, -0.05) is 80.1 Å². The van der Waals surface area contributed by atoms with Gasteiger partial charge in [-0.05, 0) is 143 Å². The van der Waals surface area contributed by atoms with Crippen LogP contribution in [0.3, 0.4) is 0 Å². The van der Waals surface area contributed by atoms with Gasteiger partial charge in [-0.25, -0.2) is 9.67 Å². The van der Waals surface area contributed by atoms with Crippen molar-refractivity contribution < 1.29 is 19.4 Å². The number of aliphatic hydroxyl groups is 1. The maximum Gasteiger partial charge on any atom is 0.282 e. The molecule has 8 heterocycles. The molecule has 6 aliphatic rings. The van der Waals surface area contributed by atoms with Gasteiger partial charge in [0.05, 0.1) is 74.2 Å². The molecule has 1 saturated carbocycles. The highest BCUT2D eigenvalue weighted by atomic mass is 35.5. The second kappa shape index (κ2) is 20.4. The van der Waals surface area contributed by atoms with Crippen molar-refractivity contribution >= 4 is 45.7 Å². The number of thiazole rings is 1. The van der Waals surface area contributed by atoms with Crippen LogP contribution in [0.1, 0.15) is 144 Å². The average molecular weight is 1080 g/mol. The Morgan fingerprint density at radius 1 is 0.961 bits per heavy atom. The molecule has 2 N–H and O–H groups in total. The Kier molecular flexibility index (Phi) is 13.9. The number of hydrogen-bond acceptors (Lipinski definition) is 12. The molecule has 5 fully saturated rings. The number of benzene rings is 3. The lowest BCUT2D eigenvalue weighted by Gasteiger charge is -2.38. The summed E-state index contributed by atoms with van der Waals surface area (Å²) in [5, 5.41) is 24.8. The number of likely N-dealkylation sites (tertiary alicyclic amines) is 3. The summed E-state index contributed by atoms with van der Waals surface area (Å²) in [6, 6.07) is 19.0. The van der Waals surface area contributed by atoms with E-state index in [1.165, 1.54) is 11.1 Å². The number of piperidine rings is 1. The van der Waals surface area contributed by atoms with Crippen molar-refractivity contribution in [3.05, 3.63) is 122 Å². The summed E-state index contributed by atoms with van der Waals surface area (Å²) in [5.74, 6) is 1.58. The van der Waals surface area contributed by atoms with Crippen molar-refractivity contribution in [1.29, 1.82) is 0 Å². The van der Waals surface area contributed by atoms with E-state index < -0.39 is 29.0 Å². The number of rotatable bonds is 12. The van der Waals surface area contributed by atoms with E-state index in [9.17, 15) is 19.5 Å². The molecule has 6 aromatic rings. The van der Waals surface area contributed by atoms with Gasteiger partial charge in [0.15, 0.2) is 0 Å². The largest absolute Gasteiger partial charge is 0.391 e. The summed E-state index contributed by atoms with van der Waals surface area (Å²) in [6.45, 7) is 19.7. The zero-order valence-electron chi connectivity index (χ0n) is 45.4. The third-order valence-corrected chi connectivity index (χ3v) is 19.6. The maximum absolute atomic E-state index is 15.0. The van der Waals surface area contributed by atoms with Gasteiger partial charge in [0.2, 0.25) is 11.8 Å². The van der Waals surface area contributed by atoms with Crippen LogP contribution in [0.4, 0.5) is 0 Å². The molecular formula is C60H73ClN10O5S. The van der Waals surface area contributed by atoms with Crippen LogP contribution in [-0.4, -0.2) is 132 Å². The standard InChI is InChI=1S/C60H73ClN10O5S/c1-36-52(77-35-62-36)41-16-14-39(15-17-41)46(30-68-25-22-60(32-68)33-76-34-60)63-54(73)50-27-43(72)29-69(50)56(75)53(58(2,3)4)70-31-47(65-66-70)40-12-10-37(11-13-40)28-67-23-20-38(21-24-67)42-18-19-44-49(26-42)71-48-9-7-8-45(61)51(48)55(74)64-57(71)59(44,5)6/h7-9,14-19,26,31,35,37-38,40,43,46,50,53,72H,10-13,20-25,27-30,32-34H2,1-6H3,(H,63,73)/t37?,40?,43-,46+,50+,53-/m1/s1. The van der Waals surface area contributed by atoms with Gasteiger partial charge in [-0.3, -0.25) is 19.0 Å². The molecule has 3 aromatic heterocycles. The normalized spacial score (nSPS) is 24.2. The topological polar surface area (TPSA) is 164 Å². The molecule has 2 amide bonds. The summed E-state index contributed by atoms with van der Waals surface area (Å²) in [7, 11) is 0. The van der Waals surface area contributed by atoms with Crippen LogP contribution in [0, 0.1) is 23.7 Å². The minimum Gasteiger partial charge on any atom is -0.391 e. The highest BCUT2D eigenvalue weighted by molar-refractivity contribution is 7.13. The van der Waals surface area contributed by atoms with Crippen LogP contribution in [0.5, 0.6) is 0 Å². The van der Waals surface area contributed by atoms with E-state index in [0.717, 1.165) is 135 Å². The maximum atomic E-state index is 15.0. The lowest BCUT2D eigenvalue weighted by Crippen LogP contribution is -2.52. The van der Waals surface area contributed by atoms with Gasteiger partial charge in [0.25, 0.3) is 5.56 Å². The zero-order chi connectivity index (χ0) is 53.5. The molecule has 1 spiro atoms. The van der Waals surface area contributed by atoms with Crippen LogP contribution in [0.15, 0.2) is 77.2 Å². The molecule has 3 aromatic carbocycles. The van der Waals surface area contributed by atoms with E-state index in [1.807, 2.05) is 51.5 Å².